The lowest BCUT2D eigenvalue weighted by atomic mass is 9.91. The van der Waals surface area contributed by atoms with Crippen LogP contribution in [0.1, 0.15) is 46.5 Å². The number of rotatable bonds is 3. The molecule has 0 aromatic heterocycles. The van der Waals surface area contributed by atoms with Gasteiger partial charge in [-0.2, -0.15) is 0 Å². The molecule has 3 saturated carbocycles. The molecule has 0 saturated heterocycles. The molecule has 3 fully saturated rings. The first-order valence-electron chi connectivity index (χ1n) is 8.31. The van der Waals surface area contributed by atoms with Crippen molar-refractivity contribution in [2.24, 2.45) is 16.7 Å². The van der Waals surface area contributed by atoms with E-state index >= 15 is 0 Å². The Labute approximate surface area is 134 Å². The highest BCUT2D eigenvalue weighted by Gasteiger charge is 2.85. The maximum atomic E-state index is 12.5. The van der Waals surface area contributed by atoms with Crippen LogP contribution in [0.15, 0.2) is 0 Å². The molecule has 3 aliphatic rings. The fraction of sp³-hybridized carbons (Fsp3) is 0.882. The molecule has 0 unspecified atom stereocenters. The summed E-state index contributed by atoms with van der Waals surface area (Å²) in [4.78, 5) is 24.7. The predicted octanol–water partition coefficient (Wildman–Crippen LogP) is 3.31. The lowest BCUT2D eigenvalue weighted by Crippen LogP contribution is -2.45. The number of ketones is 1. The largest absolute Gasteiger partial charge is 0.468 e. The highest BCUT2D eigenvalue weighted by atomic mass is 28.4. The van der Waals surface area contributed by atoms with Gasteiger partial charge in [0, 0.05) is 17.9 Å². The summed E-state index contributed by atoms with van der Waals surface area (Å²) in [7, 11) is -0.462. The Kier molecular flexibility index (Phi) is 3.27. The van der Waals surface area contributed by atoms with E-state index in [-0.39, 0.29) is 34.2 Å². The highest BCUT2D eigenvalue weighted by Crippen LogP contribution is 2.80. The summed E-state index contributed by atoms with van der Waals surface area (Å²) in [6, 6.07) is 0. The lowest BCUT2D eigenvalue weighted by molar-refractivity contribution is -0.151. The molecule has 0 N–H and O–H groups in total. The molecule has 5 heteroatoms. The Hall–Kier alpha value is -0.683. The topological polar surface area (TPSA) is 52.6 Å². The van der Waals surface area contributed by atoms with Crippen LogP contribution in [0.5, 0.6) is 0 Å². The van der Waals surface area contributed by atoms with Crippen molar-refractivity contribution in [2.45, 2.75) is 70.7 Å². The van der Waals surface area contributed by atoms with Crippen molar-refractivity contribution in [1.29, 1.82) is 0 Å². The van der Waals surface area contributed by atoms with E-state index in [0.717, 1.165) is 12.8 Å². The fourth-order valence-corrected chi connectivity index (χ4v) is 6.05. The average Bonchev–Trinajstić information content (AvgIpc) is 2.89. The summed E-state index contributed by atoms with van der Waals surface area (Å²) in [5, 5.41) is 0.161. The molecule has 0 bridgehead atoms. The van der Waals surface area contributed by atoms with Crippen molar-refractivity contribution in [3.63, 3.8) is 0 Å². The molecular formula is C17H28O4Si. The number of carbonyl (C=O) groups is 2. The Morgan fingerprint density at radius 2 is 1.95 bits per heavy atom. The Morgan fingerprint density at radius 1 is 1.32 bits per heavy atom. The van der Waals surface area contributed by atoms with Gasteiger partial charge in [-0.05, 0) is 43.3 Å². The van der Waals surface area contributed by atoms with Gasteiger partial charge in [-0.1, -0.05) is 20.8 Å². The third-order valence-electron chi connectivity index (χ3n) is 7.01. The maximum absolute atomic E-state index is 12.5. The van der Waals surface area contributed by atoms with Gasteiger partial charge in [0.25, 0.3) is 0 Å². The molecule has 0 radical (unpaired) electrons. The molecule has 4 nitrogen and oxygen atoms in total. The van der Waals surface area contributed by atoms with E-state index in [0.29, 0.717) is 12.8 Å². The molecule has 0 amide bonds. The first-order valence-corrected chi connectivity index (χ1v) is 11.2. The maximum Gasteiger partial charge on any atom is 0.319 e. The molecule has 0 aliphatic heterocycles. The summed E-state index contributed by atoms with van der Waals surface area (Å²) in [6.07, 6.45) is 3.22. The van der Waals surface area contributed by atoms with Gasteiger partial charge in [0.15, 0.2) is 14.1 Å². The van der Waals surface area contributed by atoms with Crippen molar-refractivity contribution >= 4 is 20.1 Å². The second-order valence-electron chi connectivity index (χ2n) is 8.92. The van der Waals surface area contributed by atoms with Gasteiger partial charge in [0.1, 0.15) is 5.41 Å². The van der Waals surface area contributed by atoms with Crippen LogP contribution in [0.3, 0.4) is 0 Å². The molecule has 0 heterocycles. The lowest BCUT2D eigenvalue weighted by Gasteiger charge is -2.40. The standard InChI is InChI=1S/C17H28O4Si/c1-15(2,3)22(5,6)21-12-7-8-16-10-17(16,14(19)20-4)13(18)9-11(12)16/h11-12H,7-10H2,1-6H3/t11-,12+,16-,17+/m1/s1. The number of Topliss-reactive ketones (excluding diaryl/α,β-unsaturated/α-hetero) is 1. The van der Waals surface area contributed by atoms with Gasteiger partial charge in [-0.15, -0.1) is 0 Å². The van der Waals surface area contributed by atoms with Crippen LogP contribution >= 0.6 is 0 Å². The monoisotopic (exact) mass is 324 g/mol. The summed E-state index contributed by atoms with van der Waals surface area (Å²) >= 11 is 0. The number of esters is 1. The van der Waals surface area contributed by atoms with E-state index in [4.69, 9.17) is 9.16 Å². The molecule has 1 spiro atoms. The third-order valence-corrected chi connectivity index (χ3v) is 11.5. The van der Waals surface area contributed by atoms with E-state index in [1.807, 2.05) is 0 Å². The molecule has 4 atom stereocenters. The third kappa shape index (κ3) is 1.78. The molecule has 0 aromatic rings. The SMILES string of the molecule is COC(=O)[C@@]12C[C@@]13CC[C@H](O[Si](C)(C)C(C)(C)C)[C@H]3CC2=O. The predicted molar refractivity (Wildman–Crippen MR) is 85.9 cm³/mol. The van der Waals surface area contributed by atoms with Crippen molar-refractivity contribution < 1.29 is 18.8 Å². The normalized spacial score (nSPS) is 40.4. The Morgan fingerprint density at radius 3 is 2.50 bits per heavy atom. The quantitative estimate of drug-likeness (QED) is 0.454. The molecular weight excluding hydrogens is 296 g/mol. The van der Waals surface area contributed by atoms with Gasteiger partial charge in [0.05, 0.1) is 7.11 Å². The average molecular weight is 324 g/mol. The van der Waals surface area contributed by atoms with Crippen LogP contribution in [0.2, 0.25) is 18.1 Å². The van der Waals surface area contributed by atoms with Crippen LogP contribution in [-0.4, -0.2) is 33.3 Å². The van der Waals surface area contributed by atoms with Crippen LogP contribution in [0, 0.1) is 16.7 Å². The van der Waals surface area contributed by atoms with Crippen molar-refractivity contribution in [1.82, 2.24) is 0 Å². The zero-order valence-electron chi connectivity index (χ0n) is 14.6. The van der Waals surface area contributed by atoms with Crippen LogP contribution in [-0.2, 0) is 18.8 Å². The number of ether oxygens (including phenoxy) is 1. The minimum absolute atomic E-state index is 0.0906. The summed E-state index contributed by atoms with van der Waals surface area (Å²) in [5.74, 6) is -0.00548. The zero-order valence-corrected chi connectivity index (χ0v) is 15.6. The van der Waals surface area contributed by atoms with Crippen LogP contribution in [0.4, 0.5) is 0 Å². The van der Waals surface area contributed by atoms with Crippen molar-refractivity contribution in [2.75, 3.05) is 7.11 Å². The molecule has 3 rings (SSSR count). The number of methoxy groups -OCH3 is 1. The van der Waals surface area contributed by atoms with E-state index in [1.165, 1.54) is 7.11 Å². The van der Waals surface area contributed by atoms with Crippen molar-refractivity contribution in [3.05, 3.63) is 0 Å². The van der Waals surface area contributed by atoms with Crippen LogP contribution in [0.25, 0.3) is 0 Å². The van der Waals surface area contributed by atoms with Gasteiger partial charge in [0.2, 0.25) is 0 Å². The molecule has 0 aromatic carbocycles. The van der Waals surface area contributed by atoms with E-state index in [2.05, 4.69) is 33.9 Å². The number of hydrogen-bond donors (Lipinski definition) is 0. The summed E-state index contributed by atoms with van der Waals surface area (Å²) in [6.45, 7) is 11.2. The van der Waals surface area contributed by atoms with Gasteiger partial charge in [-0.25, -0.2) is 0 Å². The second-order valence-corrected chi connectivity index (χ2v) is 13.7. The van der Waals surface area contributed by atoms with Gasteiger partial charge >= 0.3 is 5.97 Å². The number of hydrogen-bond acceptors (Lipinski definition) is 4. The minimum atomic E-state index is -1.85. The van der Waals surface area contributed by atoms with E-state index < -0.39 is 13.7 Å². The zero-order chi connectivity index (χ0) is 16.6. The Bertz CT molecular complexity index is 535. The molecule has 22 heavy (non-hydrogen) atoms. The second kappa shape index (κ2) is 4.44. The summed E-state index contributed by atoms with van der Waals surface area (Å²) < 4.78 is 11.6. The van der Waals surface area contributed by atoms with E-state index in [1.54, 1.807) is 0 Å². The smallest absolute Gasteiger partial charge is 0.319 e. The van der Waals surface area contributed by atoms with Gasteiger partial charge < -0.3 is 9.16 Å². The first kappa shape index (κ1) is 16.2. The first-order chi connectivity index (χ1) is 10.0. The van der Waals surface area contributed by atoms with E-state index in [9.17, 15) is 9.59 Å². The number of carbonyl (C=O) groups excluding carboxylic acids is 2. The summed E-state index contributed by atoms with van der Waals surface area (Å²) in [5.41, 5.74) is -0.970. The fourth-order valence-electron chi connectivity index (χ4n) is 4.66. The van der Waals surface area contributed by atoms with Crippen LogP contribution < -0.4 is 0 Å². The van der Waals surface area contributed by atoms with Gasteiger partial charge in [-0.3, -0.25) is 9.59 Å². The molecule has 3 aliphatic carbocycles. The highest BCUT2D eigenvalue weighted by molar-refractivity contribution is 6.74. The Balaban J connectivity index is 1.82. The van der Waals surface area contributed by atoms with Crippen molar-refractivity contribution in [3.8, 4) is 0 Å². The minimum Gasteiger partial charge on any atom is -0.468 e. The molecule has 124 valence electrons.